The van der Waals surface area contributed by atoms with Crippen molar-refractivity contribution >= 4 is 11.9 Å². The molecule has 3 unspecified atom stereocenters. The molecule has 0 heterocycles. The van der Waals surface area contributed by atoms with E-state index in [0.29, 0.717) is 16.7 Å². The van der Waals surface area contributed by atoms with E-state index in [4.69, 9.17) is 5.11 Å². The zero-order valence-corrected chi connectivity index (χ0v) is 13.4. The fourth-order valence-corrected chi connectivity index (χ4v) is 6.22. The normalized spacial score (nSPS) is 45.4. The number of rotatable bonds is 4. The lowest BCUT2D eigenvalue weighted by molar-refractivity contribution is -0.170. The molecule has 4 heteroatoms. The van der Waals surface area contributed by atoms with Gasteiger partial charge in [-0.3, -0.25) is 9.59 Å². The molecule has 0 aromatic rings. The summed E-state index contributed by atoms with van der Waals surface area (Å²) in [6.45, 7) is 6.58. The van der Waals surface area contributed by atoms with Gasteiger partial charge in [0, 0.05) is 6.54 Å². The van der Waals surface area contributed by atoms with Gasteiger partial charge in [-0.05, 0) is 55.3 Å². The van der Waals surface area contributed by atoms with Gasteiger partial charge in [0.1, 0.15) is 0 Å². The van der Waals surface area contributed by atoms with E-state index < -0.39 is 11.9 Å². The van der Waals surface area contributed by atoms with Gasteiger partial charge in [-0.1, -0.05) is 20.8 Å². The largest absolute Gasteiger partial charge is 0.481 e. The first-order valence-corrected chi connectivity index (χ1v) is 8.17. The average Bonchev–Trinajstić information content (AvgIpc) is 2.30. The van der Waals surface area contributed by atoms with Gasteiger partial charge in [0.05, 0.1) is 11.3 Å². The van der Waals surface area contributed by atoms with Crippen molar-refractivity contribution < 1.29 is 14.7 Å². The van der Waals surface area contributed by atoms with Crippen LogP contribution in [0.5, 0.6) is 0 Å². The molecule has 21 heavy (non-hydrogen) atoms. The maximum Gasteiger partial charge on any atom is 0.308 e. The molecular formula is C17H27NO3. The number of aliphatic carboxylic acids is 1. The van der Waals surface area contributed by atoms with Crippen molar-refractivity contribution in [2.75, 3.05) is 6.54 Å². The predicted molar refractivity (Wildman–Crippen MR) is 79.6 cm³/mol. The van der Waals surface area contributed by atoms with Crippen LogP contribution < -0.4 is 5.32 Å². The molecule has 0 spiro atoms. The molecule has 118 valence electrons. The quantitative estimate of drug-likeness (QED) is 0.837. The lowest BCUT2D eigenvalue weighted by Gasteiger charge is -2.64. The van der Waals surface area contributed by atoms with Gasteiger partial charge in [-0.15, -0.1) is 0 Å². The molecule has 4 bridgehead atoms. The van der Waals surface area contributed by atoms with Crippen LogP contribution in [0.25, 0.3) is 0 Å². The van der Waals surface area contributed by atoms with Gasteiger partial charge in [-0.25, -0.2) is 0 Å². The van der Waals surface area contributed by atoms with E-state index in [2.05, 4.69) is 19.2 Å². The monoisotopic (exact) mass is 293 g/mol. The first-order valence-electron chi connectivity index (χ1n) is 8.17. The Labute approximate surface area is 126 Å². The summed E-state index contributed by atoms with van der Waals surface area (Å²) in [6, 6.07) is 0. The molecule has 4 nitrogen and oxygen atoms in total. The lowest BCUT2D eigenvalue weighted by Crippen LogP contribution is -2.60. The van der Waals surface area contributed by atoms with Crippen LogP contribution in [0.1, 0.15) is 59.3 Å². The molecule has 3 atom stereocenters. The molecule has 0 aromatic carbocycles. The summed E-state index contributed by atoms with van der Waals surface area (Å²) in [5, 5.41) is 11.9. The summed E-state index contributed by atoms with van der Waals surface area (Å²) in [4.78, 5) is 23.7. The molecule has 4 saturated carbocycles. The number of nitrogens with one attached hydrogen (secondary N) is 1. The lowest BCUT2D eigenvalue weighted by atomic mass is 9.40. The summed E-state index contributed by atoms with van der Waals surface area (Å²) in [6.07, 6.45) is 6.76. The fourth-order valence-electron chi connectivity index (χ4n) is 6.22. The van der Waals surface area contributed by atoms with Gasteiger partial charge in [0.2, 0.25) is 5.91 Å². The van der Waals surface area contributed by atoms with Gasteiger partial charge in [0.25, 0.3) is 0 Å². The van der Waals surface area contributed by atoms with Crippen LogP contribution in [0.2, 0.25) is 0 Å². The van der Waals surface area contributed by atoms with Crippen LogP contribution in [-0.4, -0.2) is 23.5 Å². The smallest absolute Gasteiger partial charge is 0.308 e. The van der Waals surface area contributed by atoms with E-state index in [-0.39, 0.29) is 17.9 Å². The zero-order chi connectivity index (χ0) is 15.5. The van der Waals surface area contributed by atoms with Crippen LogP contribution in [0, 0.1) is 28.1 Å². The second kappa shape index (κ2) is 4.47. The molecule has 4 fully saturated rings. The first kappa shape index (κ1) is 14.9. The molecule has 4 rings (SSSR count). The van der Waals surface area contributed by atoms with Crippen molar-refractivity contribution in [3.8, 4) is 0 Å². The van der Waals surface area contributed by atoms with Crippen molar-refractivity contribution in [2.24, 2.45) is 28.1 Å². The van der Waals surface area contributed by atoms with E-state index >= 15 is 0 Å². The molecule has 2 N–H and O–H groups in total. The Hall–Kier alpha value is -1.06. The number of amides is 1. The van der Waals surface area contributed by atoms with Crippen molar-refractivity contribution in [2.45, 2.75) is 59.3 Å². The Kier molecular flexibility index (Phi) is 3.16. The summed E-state index contributed by atoms with van der Waals surface area (Å²) >= 11 is 0. The highest BCUT2D eigenvalue weighted by Crippen LogP contribution is 2.69. The minimum absolute atomic E-state index is 0.108. The Bertz CT molecular complexity index is 468. The highest BCUT2D eigenvalue weighted by molar-refractivity contribution is 5.84. The van der Waals surface area contributed by atoms with E-state index in [1.165, 1.54) is 19.3 Å². The molecule has 0 aliphatic heterocycles. The van der Waals surface area contributed by atoms with Crippen molar-refractivity contribution in [3.05, 3.63) is 0 Å². The Morgan fingerprint density at radius 3 is 2.19 bits per heavy atom. The minimum Gasteiger partial charge on any atom is -0.481 e. The van der Waals surface area contributed by atoms with Crippen LogP contribution in [-0.2, 0) is 9.59 Å². The Morgan fingerprint density at radius 2 is 1.71 bits per heavy atom. The second-order valence-corrected chi connectivity index (χ2v) is 8.86. The SMILES string of the molecule is CC(CNC(=O)C12CC3CC(C)(CC(C)(C3)C1)C2)C(=O)O. The molecule has 0 aromatic heterocycles. The topological polar surface area (TPSA) is 66.4 Å². The van der Waals surface area contributed by atoms with E-state index in [9.17, 15) is 9.59 Å². The van der Waals surface area contributed by atoms with Crippen LogP contribution in [0.4, 0.5) is 0 Å². The third-order valence-electron chi connectivity index (χ3n) is 6.10. The van der Waals surface area contributed by atoms with Crippen LogP contribution >= 0.6 is 0 Å². The van der Waals surface area contributed by atoms with Crippen molar-refractivity contribution in [3.63, 3.8) is 0 Å². The molecule has 1 amide bonds. The average molecular weight is 293 g/mol. The maximum atomic E-state index is 12.8. The standard InChI is InChI=1S/C17H27NO3/c1-11(13(19)20)7-18-14(21)17-6-12-4-15(2,9-17)8-16(3,5-12)10-17/h11-12H,4-10H2,1-3H3,(H,18,21)(H,19,20). The number of carboxylic acid groups (broad SMARTS) is 1. The Morgan fingerprint density at radius 1 is 1.14 bits per heavy atom. The third kappa shape index (κ3) is 2.47. The molecule has 0 saturated heterocycles. The van der Waals surface area contributed by atoms with E-state index in [0.717, 1.165) is 19.3 Å². The number of carboxylic acids is 1. The van der Waals surface area contributed by atoms with Gasteiger partial charge in [-0.2, -0.15) is 0 Å². The predicted octanol–water partition coefficient (Wildman–Crippen LogP) is 2.82. The van der Waals surface area contributed by atoms with Crippen LogP contribution in [0.3, 0.4) is 0 Å². The Balaban J connectivity index is 1.75. The number of carbonyl (C=O) groups is 2. The highest BCUT2D eigenvalue weighted by Gasteiger charge is 2.62. The fraction of sp³-hybridized carbons (Fsp3) is 0.882. The summed E-state index contributed by atoms with van der Waals surface area (Å²) in [5.74, 6) is -0.579. The second-order valence-electron chi connectivity index (χ2n) is 8.86. The van der Waals surface area contributed by atoms with Crippen LogP contribution in [0.15, 0.2) is 0 Å². The van der Waals surface area contributed by atoms with Crippen molar-refractivity contribution in [1.82, 2.24) is 5.32 Å². The van der Waals surface area contributed by atoms with E-state index in [1.807, 2.05) is 0 Å². The molecule has 0 radical (unpaired) electrons. The molecular weight excluding hydrogens is 266 g/mol. The highest BCUT2D eigenvalue weighted by atomic mass is 16.4. The maximum absolute atomic E-state index is 12.8. The summed E-state index contributed by atoms with van der Waals surface area (Å²) in [5.41, 5.74) is 0.384. The van der Waals surface area contributed by atoms with Gasteiger partial charge >= 0.3 is 5.97 Å². The van der Waals surface area contributed by atoms with Gasteiger partial charge in [0.15, 0.2) is 0 Å². The third-order valence-corrected chi connectivity index (χ3v) is 6.10. The molecule has 4 aliphatic carbocycles. The van der Waals surface area contributed by atoms with E-state index in [1.54, 1.807) is 6.92 Å². The zero-order valence-electron chi connectivity index (χ0n) is 13.4. The number of carbonyl (C=O) groups excluding carboxylic acids is 1. The number of hydrogen-bond acceptors (Lipinski definition) is 2. The molecule has 4 aliphatic rings. The minimum atomic E-state index is -0.847. The summed E-state index contributed by atoms with van der Waals surface area (Å²) < 4.78 is 0. The van der Waals surface area contributed by atoms with Crippen molar-refractivity contribution in [1.29, 1.82) is 0 Å². The first-order chi connectivity index (χ1) is 9.65. The van der Waals surface area contributed by atoms with Gasteiger partial charge < -0.3 is 10.4 Å². The number of hydrogen-bond donors (Lipinski definition) is 2. The summed E-state index contributed by atoms with van der Waals surface area (Å²) in [7, 11) is 0.